The van der Waals surface area contributed by atoms with Crippen molar-refractivity contribution in [2.75, 3.05) is 26.2 Å². The van der Waals surface area contributed by atoms with Crippen LogP contribution in [0.2, 0.25) is 0 Å². The molecule has 0 atom stereocenters. The van der Waals surface area contributed by atoms with Crippen LogP contribution in [0.1, 0.15) is 23.6 Å². The number of esters is 1. The molecule has 136 valence electrons. The summed E-state index contributed by atoms with van der Waals surface area (Å²) in [5.74, 6) is 0.821. The zero-order valence-corrected chi connectivity index (χ0v) is 15.2. The average Bonchev–Trinajstić information content (AvgIpc) is 2.99. The number of carbonyl (C=O) groups excluding carboxylic acids is 1. The summed E-state index contributed by atoms with van der Waals surface area (Å²) in [6, 6.07) is 16.7. The van der Waals surface area contributed by atoms with Crippen molar-refractivity contribution in [2.24, 2.45) is 5.41 Å². The second-order valence-corrected chi connectivity index (χ2v) is 7.51. The number of benzene rings is 2. The van der Waals surface area contributed by atoms with Crippen LogP contribution in [0.5, 0.6) is 5.75 Å². The maximum atomic E-state index is 11.6. The lowest BCUT2D eigenvalue weighted by Gasteiger charge is -2.47. The van der Waals surface area contributed by atoms with Gasteiger partial charge in [-0.3, -0.25) is 9.69 Å². The molecule has 0 amide bonds. The maximum absolute atomic E-state index is 11.6. The fourth-order valence-electron chi connectivity index (χ4n) is 4.27. The minimum absolute atomic E-state index is 0.116. The van der Waals surface area contributed by atoms with Gasteiger partial charge in [0.2, 0.25) is 0 Å². The summed E-state index contributed by atoms with van der Waals surface area (Å²) in [4.78, 5) is 13.8. The molecule has 1 aliphatic heterocycles. The van der Waals surface area contributed by atoms with Crippen molar-refractivity contribution < 1.29 is 14.3 Å². The number of carbonyl (C=O) groups is 1. The molecule has 2 aromatic rings. The zero-order chi connectivity index (χ0) is 18.0. The Morgan fingerprint density at radius 3 is 2.62 bits per heavy atom. The molecule has 2 aromatic carbocycles. The van der Waals surface area contributed by atoms with Crippen LogP contribution in [0.25, 0.3) is 0 Å². The molecule has 0 aromatic heterocycles. The van der Waals surface area contributed by atoms with Gasteiger partial charge in [-0.2, -0.15) is 0 Å². The van der Waals surface area contributed by atoms with E-state index in [0.29, 0.717) is 25.2 Å². The predicted octanol–water partition coefficient (Wildman–Crippen LogP) is 3.23. The summed E-state index contributed by atoms with van der Waals surface area (Å²) in [6.45, 7) is 5.26. The van der Waals surface area contributed by atoms with E-state index in [4.69, 9.17) is 9.47 Å². The zero-order valence-electron chi connectivity index (χ0n) is 15.2. The Hall–Kier alpha value is -2.33. The molecule has 1 heterocycles. The van der Waals surface area contributed by atoms with Gasteiger partial charge >= 0.3 is 5.97 Å². The lowest BCUT2D eigenvalue weighted by Crippen LogP contribution is -2.58. The van der Waals surface area contributed by atoms with Crippen molar-refractivity contribution in [1.82, 2.24) is 4.90 Å². The van der Waals surface area contributed by atoms with Gasteiger partial charge < -0.3 is 9.47 Å². The normalized spacial score (nSPS) is 17.6. The smallest absolute Gasteiger partial charge is 0.320 e. The Morgan fingerprint density at radius 2 is 1.85 bits per heavy atom. The quantitative estimate of drug-likeness (QED) is 0.749. The van der Waals surface area contributed by atoms with Crippen molar-refractivity contribution in [3.05, 3.63) is 65.2 Å². The van der Waals surface area contributed by atoms with Crippen LogP contribution in [0, 0.1) is 5.41 Å². The van der Waals surface area contributed by atoms with Crippen molar-refractivity contribution >= 4 is 5.97 Å². The van der Waals surface area contributed by atoms with Crippen LogP contribution in [0.3, 0.4) is 0 Å². The fourth-order valence-corrected chi connectivity index (χ4v) is 4.27. The molecule has 1 spiro atoms. The third kappa shape index (κ3) is 3.61. The van der Waals surface area contributed by atoms with Gasteiger partial charge in [-0.15, -0.1) is 0 Å². The lowest BCUT2D eigenvalue weighted by atomic mass is 9.77. The van der Waals surface area contributed by atoms with Gasteiger partial charge in [0, 0.05) is 18.5 Å². The number of hydrogen-bond donors (Lipinski definition) is 0. The van der Waals surface area contributed by atoms with E-state index in [9.17, 15) is 4.79 Å². The van der Waals surface area contributed by atoms with Gasteiger partial charge in [-0.25, -0.2) is 0 Å². The number of ether oxygens (including phenoxy) is 2. The van der Waals surface area contributed by atoms with Gasteiger partial charge in [0.15, 0.2) is 0 Å². The highest BCUT2D eigenvalue weighted by Crippen LogP contribution is 2.44. The van der Waals surface area contributed by atoms with Gasteiger partial charge in [0.1, 0.15) is 12.4 Å². The first-order valence-corrected chi connectivity index (χ1v) is 9.32. The lowest BCUT2D eigenvalue weighted by molar-refractivity contribution is -0.147. The SMILES string of the molecule is CCOC(=O)CN1CC2(Cc3ccc(OCc4ccccc4)cc3C2)C1. The predicted molar refractivity (Wildman–Crippen MR) is 100 cm³/mol. The van der Waals surface area contributed by atoms with E-state index >= 15 is 0 Å². The molecule has 4 heteroatoms. The highest BCUT2D eigenvalue weighted by molar-refractivity contribution is 5.71. The molecule has 4 nitrogen and oxygen atoms in total. The highest BCUT2D eigenvalue weighted by atomic mass is 16.5. The van der Waals surface area contributed by atoms with Crippen LogP contribution in [0.4, 0.5) is 0 Å². The summed E-state index contributed by atoms with van der Waals surface area (Å²) >= 11 is 0. The van der Waals surface area contributed by atoms with Gasteiger partial charge in [0.25, 0.3) is 0 Å². The third-order valence-electron chi connectivity index (χ3n) is 5.33. The Morgan fingerprint density at radius 1 is 1.08 bits per heavy atom. The Balaban J connectivity index is 1.33. The van der Waals surface area contributed by atoms with Crippen LogP contribution in [-0.4, -0.2) is 37.1 Å². The highest BCUT2D eigenvalue weighted by Gasteiger charge is 2.47. The second kappa shape index (κ2) is 7.12. The van der Waals surface area contributed by atoms with Crippen LogP contribution in [-0.2, 0) is 29.0 Å². The third-order valence-corrected chi connectivity index (χ3v) is 5.33. The molecule has 1 fully saturated rings. The Labute approximate surface area is 154 Å². The topological polar surface area (TPSA) is 38.8 Å². The summed E-state index contributed by atoms with van der Waals surface area (Å²) in [5, 5.41) is 0. The first-order valence-electron chi connectivity index (χ1n) is 9.32. The maximum Gasteiger partial charge on any atom is 0.320 e. The summed E-state index contributed by atoms with van der Waals surface area (Å²) in [6.07, 6.45) is 2.17. The van der Waals surface area contributed by atoms with E-state index < -0.39 is 0 Å². The molecular formula is C22H25NO3. The number of hydrogen-bond acceptors (Lipinski definition) is 4. The van der Waals surface area contributed by atoms with Crippen molar-refractivity contribution in [3.63, 3.8) is 0 Å². The first-order chi connectivity index (χ1) is 12.7. The van der Waals surface area contributed by atoms with Crippen LogP contribution >= 0.6 is 0 Å². The van der Waals surface area contributed by atoms with Gasteiger partial charge in [-0.05, 0) is 48.6 Å². The fraction of sp³-hybridized carbons (Fsp3) is 0.409. The first kappa shape index (κ1) is 17.1. The van der Waals surface area contributed by atoms with E-state index in [1.165, 1.54) is 16.7 Å². The number of likely N-dealkylation sites (tertiary alicyclic amines) is 1. The molecule has 2 aliphatic rings. The minimum Gasteiger partial charge on any atom is -0.489 e. The minimum atomic E-state index is -0.116. The van der Waals surface area contributed by atoms with E-state index in [1.54, 1.807) is 0 Å². The molecule has 0 N–H and O–H groups in total. The molecule has 4 rings (SSSR count). The van der Waals surface area contributed by atoms with Crippen LogP contribution in [0.15, 0.2) is 48.5 Å². The standard InChI is InChI=1S/C22H25NO3/c1-2-25-21(24)13-23-15-22(16-23)11-18-8-9-20(10-19(18)12-22)26-14-17-6-4-3-5-7-17/h3-10H,2,11-16H2,1H3. The van der Waals surface area contributed by atoms with Crippen molar-refractivity contribution in [2.45, 2.75) is 26.4 Å². The van der Waals surface area contributed by atoms with Gasteiger partial charge in [0.05, 0.1) is 13.2 Å². The molecule has 0 radical (unpaired) electrons. The molecule has 0 unspecified atom stereocenters. The summed E-state index contributed by atoms with van der Waals surface area (Å²) in [5.41, 5.74) is 4.30. The Bertz CT molecular complexity index is 781. The number of nitrogens with zero attached hydrogens (tertiary/aromatic N) is 1. The van der Waals surface area contributed by atoms with E-state index in [2.05, 4.69) is 35.2 Å². The van der Waals surface area contributed by atoms with Crippen molar-refractivity contribution in [3.8, 4) is 5.75 Å². The molecule has 0 saturated carbocycles. The van der Waals surface area contributed by atoms with E-state index in [-0.39, 0.29) is 5.97 Å². The molecule has 0 bridgehead atoms. The molecule has 1 saturated heterocycles. The second-order valence-electron chi connectivity index (χ2n) is 7.51. The largest absolute Gasteiger partial charge is 0.489 e. The molecule has 1 aliphatic carbocycles. The van der Waals surface area contributed by atoms with Crippen LogP contribution < -0.4 is 4.74 Å². The Kier molecular flexibility index (Phi) is 4.68. The summed E-state index contributed by atoms with van der Waals surface area (Å²) in [7, 11) is 0. The molecule has 26 heavy (non-hydrogen) atoms. The molecular weight excluding hydrogens is 326 g/mol. The number of fused-ring (bicyclic) bond motifs is 1. The number of rotatable bonds is 6. The van der Waals surface area contributed by atoms with E-state index in [0.717, 1.165) is 31.7 Å². The van der Waals surface area contributed by atoms with Crippen molar-refractivity contribution in [1.29, 1.82) is 0 Å². The monoisotopic (exact) mass is 351 g/mol. The summed E-state index contributed by atoms with van der Waals surface area (Å²) < 4.78 is 11.0. The van der Waals surface area contributed by atoms with Gasteiger partial charge in [-0.1, -0.05) is 36.4 Å². The van der Waals surface area contributed by atoms with E-state index in [1.807, 2.05) is 25.1 Å². The average molecular weight is 351 g/mol.